The highest BCUT2D eigenvalue weighted by Gasteiger charge is 2.60. The zero-order chi connectivity index (χ0) is 25.1. The van der Waals surface area contributed by atoms with E-state index in [9.17, 15) is 36.2 Å². The van der Waals surface area contributed by atoms with Crippen LogP contribution in [0.2, 0.25) is 0 Å². The van der Waals surface area contributed by atoms with Gasteiger partial charge in [-0.2, -0.15) is 31.4 Å². The van der Waals surface area contributed by atoms with Crippen LogP contribution in [-0.2, 0) is 35.4 Å². The van der Waals surface area contributed by atoms with E-state index in [1.807, 2.05) is 0 Å². The number of hydrogen-bond acceptors (Lipinski definition) is 5. The molecule has 0 radical (unpaired) electrons. The fourth-order valence-electron chi connectivity index (χ4n) is 4.77. The molecule has 2 aromatic rings. The summed E-state index contributed by atoms with van der Waals surface area (Å²) in [6, 6.07) is 2.93. The van der Waals surface area contributed by atoms with Crippen molar-refractivity contribution in [1.29, 1.82) is 0 Å². The van der Waals surface area contributed by atoms with Gasteiger partial charge in [-0.15, -0.1) is 0 Å². The standard InChI is InChI=1S/C21H21F6N3O4/c1-30-9-10(17(29-30)21(25,26)27)7-19(8-15-13(31)6-16(19)34-15)18(32)28-11-3-4-14(33-2)12(5-11)20(22,23)24/h3-5,9,13,15-16,31H,6-8H2,1-2H3,(H,28,32)/t13-,15+,16+,19-/m0/s1. The Morgan fingerprint density at radius 3 is 2.53 bits per heavy atom. The molecule has 13 heteroatoms. The zero-order valence-corrected chi connectivity index (χ0v) is 18.0. The first kappa shape index (κ1) is 24.3. The second-order valence-corrected chi connectivity index (χ2v) is 8.54. The van der Waals surface area contributed by atoms with Crippen molar-refractivity contribution in [3.8, 4) is 5.75 Å². The van der Waals surface area contributed by atoms with Gasteiger partial charge < -0.3 is 19.9 Å². The second kappa shape index (κ2) is 8.15. The third kappa shape index (κ3) is 4.22. The number of alkyl halides is 6. The number of anilines is 1. The smallest absolute Gasteiger partial charge is 0.435 e. The number of ether oxygens (including phenoxy) is 2. The van der Waals surface area contributed by atoms with Gasteiger partial charge in [-0.25, -0.2) is 0 Å². The van der Waals surface area contributed by atoms with E-state index < -0.39 is 65.4 Å². The van der Waals surface area contributed by atoms with Crippen molar-refractivity contribution >= 4 is 11.6 Å². The molecule has 0 aliphatic carbocycles. The summed E-state index contributed by atoms with van der Waals surface area (Å²) in [7, 11) is 2.38. The van der Waals surface area contributed by atoms with Gasteiger partial charge in [-0.1, -0.05) is 0 Å². The van der Waals surface area contributed by atoms with Crippen molar-refractivity contribution in [2.75, 3.05) is 12.4 Å². The number of hydrogen-bond donors (Lipinski definition) is 2. The minimum Gasteiger partial charge on any atom is -0.496 e. The lowest BCUT2D eigenvalue weighted by Crippen LogP contribution is -2.48. The van der Waals surface area contributed by atoms with Crippen LogP contribution in [0.1, 0.15) is 29.7 Å². The Bertz CT molecular complexity index is 1100. The van der Waals surface area contributed by atoms with Crippen molar-refractivity contribution in [3.63, 3.8) is 0 Å². The molecule has 2 fully saturated rings. The van der Waals surface area contributed by atoms with Crippen molar-refractivity contribution < 1.29 is 45.7 Å². The predicted octanol–water partition coefficient (Wildman–Crippen LogP) is 3.56. The SMILES string of the molecule is COc1ccc(NC(=O)[C@@]2(Cc3cn(C)nc3C(F)(F)F)C[C@H]3O[C@@H]2C[C@@H]3O)cc1C(F)(F)F. The second-order valence-electron chi connectivity index (χ2n) is 8.54. The maximum absolute atomic E-state index is 13.5. The summed E-state index contributed by atoms with van der Waals surface area (Å²) in [5.74, 6) is -1.25. The van der Waals surface area contributed by atoms with Crippen LogP contribution in [0.25, 0.3) is 0 Å². The number of nitrogens with zero attached hydrogens (tertiary/aromatic N) is 2. The van der Waals surface area contributed by atoms with E-state index >= 15 is 0 Å². The van der Waals surface area contributed by atoms with E-state index in [1.165, 1.54) is 13.1 Å². The van der Waals surface area contributed by atoms with Crippen LogP contribution in [0.4, 0.5) is 32.0 Å². The largest absolute Gasteiger partial charge is 0.496 e. The molecule has 0 saturated carbocycles. The molecule has 2 aliphatic heterocycles. The highest BCUT2D eigenvalue weighted by atomic mass is 19.4. The number of halogens is 6. The van der Waals surface area contributed by atoms with Crippen LogP contribution in [0.5, 0.6) is 5.75 Å². The molecule has 2 N–H and O–H groups in total. The normalized spacial score (nSPS) is 26.7. The number of carbonyl (C=O) groups excluding carboxylic acids is 1. The molecule has 2 aliphatic rings. The van der Waals surface area contributed by atoms with Crippen LogP contribution >= 0.6 is 0 Å². The summed E-state index contributed by atoms with van der Waals surface area (Å²) in [5.41, 5.74) is -4.28. The summed E-state index contributed by atoms with van der Waals surface area (Å²) in [6.07, 6.45) is -11.5. The highest BCUT2D eigenvalue weighted by Crippen LogP contribution is 2.51. The number of nitrogens with one attached hydrogen (secondary N) is 1. The van der Waals surface area contributed by atoms with Gasteiger partial charge in [0, 0.05) is 30.9 Å². The lowest BCUT2D eigenvalue weighted by molar-refractivity contribution is -0.143. The molecule has 4 rings (SSSR count). The Kier molecular flexibility index (Phi) is 5.83. The first-order valence-electron chi connectivity index (χ1n) is 10.2. The van der Waals surface area contributed by atoms with Crippen LogP contribution in [0.15, 0.2) is 24.4 Å². The molecular formula is C21H21F6N3O4. The van der Waals surface area contributed by atoms with Crippen LogP contribution < -0.4 is 10.1 Å². The minimum absolute atomic E-state index is 0.0100. The van der Waals surface area contributed by atoms with E-state index in [2.05, 4.69) is 10.4 Å². The number of methoxy groups -OCH3 is 1. The van der Waals surface area contributed by atoms with Crippen molar-refractivity contribution in [1.82, 2.24) is 9.78 Å². The van der Waals surface area contributed by atoms with Crippen LogP contribution in [0.3, 0.4) is 0 Å². The fraction of sp³-hybridized carbons (Fsp3) is 0.524. The van der Waals surface area contributed by atoms with Crippen LogP contribution in [0, 0.1) is 5.41 Å². The lowest BCUT2D eigenvalue weighted by Gasteiger charge is -2.35. The summed E-state index contributed by atoms with van der Waals surface area (Å²) in [5, 5.41) is 15.9. The number of aromatic nitrogens is 2. The Balaban J connectivity index is 1.70. The van der Waals surface area contributed by atoms with E-state index in [0.717, 1.165) is 24.1 Å². The third-order valence-electron chi connectivity index (χ3n) is 6.30. The van der Waals surface area contributed by atoms with Gasteiger partial charge in [0.1, 0.15) is 5.75 Å². The molecule has 34 heavy (non-hydrogen) atoms. The van der Waals surface area contributed by atoms with Crippen molar-refractivity contribution in [3.05, 3.63) is 41.2 Å². The van der Waals surface area contributed by atoms with Gasteiger partial charge >= 0.3 is 12.4 Å². The van der Waals surface area contributed by atoms with E-state index in [4.69, 9.17) is 9.47 Å². The highest BCUT2D eigenvalue weighted by molar-refractivity contribution is 5.96. The van der Waals surface area contributed by atoms with Crippen molar-refractivity contribution in [2.24, 2.45) is 12.5 Å². The van der Waals surface area contributed by atoms with E-state index in [0.29, 0.717) is 6.07 Å². The number of amides is 1. The predicted molar refractivity (Wildman–Crippen MR) is 105 cm³/mol. The first-order chi connectivity index (χ1) is 15.7. The van der Waals surface area contributed by atoms with Crippen LogP contribution in [-0.4, -0.2) is 46.2 Å². The number of rotatable bonds is 5. The maximum Gasteiger partial charge on any atom is 0.435 e. The fourth-order valence-corrected chi connectivity index (χ4v) is 4.77. The number of aryl methyl sites for hydroxylation is 1. The summed E-state index contributed by atoms with van der Waals surface area (Å²) >= 11 is 0. The summed E-state index contributed by atoms with van der Waals surface area (Å²) < 4.78 is 92.1. The van der Waals surface area contributed by atoms with E-state index in [1.54, 1.807) is 0 Å². The van der Waals surface area contributed by atoms with Gasteiger partial charge in [-0.05, 0) is 31.0 Å². The third-order valence-corrected chi connectivity index (χ3v) is 6.30. The van der Waals surface area contributed by atoms with Gasteiger partial charge in [0.05, 0.1) is 36.4 Å². The zero-order valence-electron chi connectivity index (χ0n) is 18.0. The lowest BCUT2D eigenvalue weighted by atomic mass is 9.68. The molecule has 4 atom stereocenters. The first-order valence-corrected chi connectivity index (χ1v) is 10.2. The Morgan fingerprint density at radius 2 is 2.00 bits per heavy atom. The molecule has 1 aromatic carbocycles. The molecule has 1 aromatic heterocycles. The van der Waals surface area contributed by atoms with Crippen molar-refractivity contribution in [2.45, 2.75) is 49.9 Å². The number of carbonyl (C=O) groups is 1. The Labute approximate surface area is 189 Å². The average molecular weight is 493 g/mol. The van der Waals surface area contributed by atoms with Gasteiger partial charge in [0.15, 0.2) is 5.69 Å². The van der Waals surface area contributed by atoms with Gasteiger partial charge in [0.25, 0.3) is 0 Å². The molecule has 3 heterocycles. The Morgan fingerprint density at radius 1 is 1.29 bits per heavy atom. The summed E-state index contributed by atoms with van der Waals surface area (Å²) in [4.78, 5) is 13.4. The molecular weight excluding hydrogens is 472 g/mol. The monoisotopic (exact) mass is 493 g/mol. The molecule has 7 nitrogen and oxygen atoms in total. The minimum atomic E-state index is -4.77. The number of aliphatic hydroxyl groups is 1. The molecule has 1 amide bonds. The molecule has 2 bridgehead atoms. The van der Waals surface area contributed by atoms with Gasteiger partial charge in [-0.3, -0.25) is 9.48 Å². The number of benzene rings is 1. The molecule has 2 saturated heterocycles. The molecule has 0 unspecified atom stereocenters. The molecule has 0 spiro atoms. The summed E-state index contributed by atoms with van der Waals surface area (Å²) in [6.45, 7) is 0. The Hall–Kier alpha value is -2.80. The number of fused-ring (bicyclic) bond motifs is 2. The number of aliphatic hydroxyl groups excluding tert-OH is 1. The van der Waals surface area contributed by atoms with E-state index in [-0.39, 0.29) is 24.1 Å². The van der Waals surface area contributed by atoms with Gasteiger partial charge in [0.2, 0.25) is 5.91 Å². The topological polar surface area (TPSA) is 85.6 Å². The molecule has 186 valence electrons. The maximum atomic E-state index is 13.5. The average Bonchev–Trinajstić information content (AvgIpc) is 3.39. The quantitative estimate of drug-likeness (QED) is 0.623.